The molecule has 3 aromatic rings. The number of amides is 2. The summed E-state index contributed by atoms with van der Waals surface area (Å²) in [5.74, 6) is -1.25. The van der Waals surface area contributed by atoms with Crippen LogP contribution in [0.15, 0.2) is 72.4 Å². The van der Waals surface area contributed by atoms with Gasteiger partial charge in [0.25, 0.3) is 17.5 Å². The Hall–Kier alpha value is -3.68. The number of anilines is 1. The Morgan fingerprint density at radius 2 is 1.72 bits per heavy atom. The minimum Gasteiger partial charge on any atom is -0.321 e. The van der Waals surface area contributed by atoms with E-state index in [4.69, 9.17) is 23.2 Å². The summed E-state index contributed by atoms with van der Waals surface area (Å²) in [5, 5.41) is 16.8. The number of nitro benzene ring substituents is 1. The molecule has 2 amide bonds. The summed E-state index contributed by atoms with van der Waals surface area (Å²) in [6, 6.07) is 17.1. The predicted molar refractivity (Wildman–Crippen MR) is 125 cm³/mol. The molecule has 0 bridgehead atoms. The Labute approximate surface area is 193 Å². The lowest BCUT2D eigenvalue weighted by atomic mass is 10.1. The standard InChI is InChI=1S/C23H17Cl2N3O4/c1-14-5-8-17(9-6-14)26-23(30)21(12-15-3-2-4-18(11-15)28(31)32)27-22(29)19-10-7-16(24)13-20(19)25/h2-13H,1H3,(H,26,30)(H,27,29)/b21-12+. The van der Waals surface area contributed by atoms with Gasteiger partial charge in [-0.1, -0.05) is 53.0 Å². The molecule has 3 aromatic carbocycles. The molecule has 0 aliphatic carbocycles. The molecule has 2 N–H and O–H groups in total. The highest BCUT2D eigenvalue weighted by Gasteiger charge is 2.18. The molecule has 0 fully saturated rings. The number of non-ortho nitro benzene ring substituents is 1. The van der Waals surface area contributed by atoms with Crippen LogP contribution in [0.1, 0.15) is 21.5 Å². The summed E-state index contributed by atoms with van der Waals surface area (Å²) in [6.45, 7) is 1.91. The van der Waals surface area contributed by atoms with Gasteiger partial charge < -0.3 is 10.6 Å². The number of rotatable bonds is 6. The summed E-state index contributed by atoms with van der Waals surface area (Å²) >= 11 is 12.0. The van der Waals surface area contributed by atoms with Crippen molar-refractivity contribution in [1.82, 2.24) is 5.32 Å². The van der Waals surface area contributed by atoms with Gasteiger partial charge in [0.1, 0.15) is 5.70 Å². The van der Waals surface area contributed by atoms with Gasteiger partial charge in [0.2, 0.25) is 0 Å². The molecule has 0 unspecified atom stereocenters. The molecule has 0 aliphatic rings. The van der Waals surface area contributed by atoms with Crippen LogP contribution in [0.2, 0.25) is 10.0 Å². The molecule has 0 heterocycles. The fourth-order valence-corrected chi connectivity index (χ4v) is 3.25. The highest BCUT2D eigenvalue weighted by atomic mass is 35.5. The highest BCUT2D eigenvalue weighted by Crippen LogP contribution is 2.22. The second-order valence-electron chi connectivity index (χ2n) is 6.81. The van der Waals surface area contributed by atoms with E-state index in [1.165, 1.54) is 42.5 Å². The molecule has 7 nitrogen and oxygen atoms in total. The number of nitrogens with one attached hydrogen (secondary N) is 2. The lowest BCUT2D eigenvalue weighted by Gasteiger charge is -2.12. The smallest absolute Gasteiger partial charge is 0.272 e. The second-order valence-corrected chi connectivity index (χ2v) is 7.65. The van der Waals surface area contributed by atoms with Crippen molar-refractivity contribution in [3.05, 3.63) is 109 Å². The average molecular weight is 470 g/mol. The van der Waals surface area contributed by atoms with E-state index in [0.717, 1.165) is 5.56 Å². The number of benzene rings is 3. The van der Waals surface area contributed by atoms with Gasteiger partial charge in [0.05, 0.1) is 15.5 Å². The molecular weight excluding hydrogens is 453 g/mol. The van der Waals surface area contributed by atoms with Crippen LogP contribution < -0.4 is 10.6 Å². The summed E-state index contributed by atoms with van der Waals surface area (Å²) in [7, 11) is 0. The summed E-state index contributed by atoms with van der Waals surface area (Å²) in [4.78, 5) is 36.3. The van der Waals surface area contributed by atoms with Crippen molar-refractivity contribution in [2.24, 2.45) is 0 Å². The third kappa shape index (κ3) is 5.94. The average Bonchev–Trinajstić information content (AvgIpc) is 2.75. The minimum absolute atomic E-state index is 0.114. The maximum absolute atomic E-state index is 12.9. The number of carbonyl (C=O) groups is 2. The van der Waals surface area contributed by atoms with Crippen molar-refractivity contribution >= 4 is 52.5 Å². The van der Waals surface area contributed by atoms with E-state index >= 15 is 0 Å². The number of aryl methyl sites for hydroxylation is 1. The Morgan fingerprint density at radius 1 is 1.00 bits per heavy atom. The topological polar surface area (TPSA) is 101 Å². The largest absolute Gasteiger partial charge is 0.321 e. The molecule has 0 spiro atoms. The van der Waals surface area contributed by atoms with Crippen molar-refractivity contribution in [2.45, 2.75) is 6.92 Å². The Kier molecular flexibility index (Phi) is 7.25. The first-order valence-electron chi connectivity index (χ1n) is 9.33. The number of carbonyl (C=O) groups excluding carboxylic acids is 2. The number of halogens is 2. The molecule has 0 saturated carbocycles. The van der Waals surface area contributed by atoms with Crippen molar-refractivity contribution in [3.63, 3.8) is 0 Å². The van der Waals surface area contributed by atoms with Crippen LogP contribution in [0.4, 0.5) is 11.4 Å². The summed E-state index contributed by atoms with van der Waals surface area (Å²) in [5.41, 5.74) is 1.73. The maximum atomic E-state index is 12.9. The molecule has 0 aliphatic heterocycles. The number of hydrogen-bond acceptors (Lipinski definition) is 4. The van der Waals surface area contributed by atoms with Gasteiger partial charge in [0.15, 0.2) is 0 Å². The van der Waals surface area contributed by atoms with Gasteiger partial charge >= 0.3 is 0 Å². The van der Waals surface area contributed by atoms with Crippen LogP contribution in [-0.4, -0.2) is 16.7 Å². The minimum atomic E-state index is -0.637. The molecule has 32 heavy (non-hydrogen) atoms. The quantitative estimate of drug-likeness (QED) is 0.277. The third-order valence-corrected chi connectivity index (χ3v) is 4.92. The van der Waals surface area contributed by atoms with Crippen LogP contribution in [0, 0.1) is 17.0 Å². The number of hydrogen-bond donors (Lipinski definition) is 2. The first-order chi connectivity index (χ1) is 15.2. The van der Waals surface area contributed by atoms with E-state index in [-0.39, 0.29) is 22.0 Å². The highest BCUT2D eigenvalue weighted by molar-refractivity contribution is 6.36. The lowest BCUT2D eigenvalue weighted by molar-refractivity contribution is -0.384. The Balaban J connectivity index is 1.95. The fourth-order valence-electron chi connectivity index (χ4n) is 2.75. The summed E-state index contributed by atoms with van der Waals surface area (Å²) < 4.78 is 0. The zero-order chi connectivity index (χ0) is 23.3. The fraction of sp³-hybridized carbons (Fsp3) is 0.0435. The first kappa shape index (κ1) is 23.0. The Morgan fingerprint density at radius 3 is 2.38 bits per heavy atom. The summed E-state index contributed by atoms with van der Waals surface area (Å²) in [6.07, 6.45) is 1.35. The van der Waals surface area contributed by atoms with E-state index in [1.807, 2.05) is 19.1 Å². The van der Waals surface area contributed by atoms with Crippen molar-refractivity contribution < 1.29 is 14.5 Å². The second kappa shape index (κ2) is 10.1. The van der Waals surface area contributed by atoms with E-state index in [2.05, 4.69) is 10.6 Å². The molecule has 9 heteroatoms. The monoisotopic (exact) mass is 469 g/mol. The van der Waals surface area contributed by atoms with Crippen LogP contribution in [0.25, 0.3) is 6.08 Å². The van der Waals surface area contributed by atoms with E-state index in [1.54, 1.807) is 18.2 Å². The third-order valence-electron chi connectivity index (χ3n) is 4.37. The Bertz CT molecular complexity index is 1220. The van der Waals surface area contributed by atoms with Crippen molar-refractivity contribution in [3.8, 4) is 0 Å². The number of nitro groups is 1. The lowest BCUT2D eigenvalue weighted by Crippen LogP contribution is -2.31. The van der Waals surface area contributed by atoms with E-state index < -0.39 is 16.7 Å². The molecule has 162 valence electrons. The van der Waals surface area contributed by atoms with E-state index in [9.17, 15) is 19.7 Å². The molecular formula is C23H17Cl2N3O4. The molecule has 0 atom stereocenters. The molecule has 0 aromatic heterocycles. The van der Waals surface area contributed by atoms with Crippen LogP contribution >= 0.6 is 23.2 Å². The van der Waals surface area contributed by atoms with Crippen LogP contribution in [-0.2, 0) is 4.79 Å². The molecule has 0 saturated heterocycles. The first-order valence-corrected chi connectivity index (χ1v) is 10.1. The zero-order valence-corrected chi connectivity index (χ0v) is 18.3. The van der Waals surface area contributed by atoms with Crippen molar-refractivity contribution in [2.75, 3.05) is 5.32 Å². The van der Waals surface area contributed by atoms with Gasteiger partial charge in [-0.2, -0.15) is 0 Å². The molecule has 0 radical (unpaired) electrons. The van der Waals surface area contributed by atoms with Crippen molar-refractivity contribution in [1.29, 1.82) is 0 Å². The van der Waals surface area contributed by atoms with Gasteiger partial charge in [-0.3, -0.25) is 19.7 Å². The van der Waals surface area contributed by atoms with Crippen LogP contribution in [0.5, 0.6) is 0 Å². The van der Waals surface area contributed by atoms with Crippen LogP contribution in [0.3, 0.4) is 0 Å². The SMILES string of the molecule is Cc1ccc(NC(=O)/C(=C\c2cccc([N+](=O)[O-])c2)NC(=O)c2ccc(Cl)cc2Cl)cc1. The van der Waals surface area contributed by atoms with Gasteiger partial charge in [-0.15, -0.1) is 0 Å². The van der Waals surface area contributed by atoms with Gasteiger partial charge in [0, 0.05) is 22.8 Å². The number of nitrogens with zero attached hydrogens (tertiary/aromatic N) is 1. The molecule has 3 rings (SSSR count). The van der Waals surface area contributed by atoms with Gasteiger partial charge in [-0.05, 0) is 48.9 Å². The van der Waals surface area contributed by atoms with E-state index in [0.29, 0.717) is 16.3 Å². The maximum Gasteiger partial charge on any atom is 0.272 e. The normalized spacial score (nSPS) is 11.0. The predicted octanol–water partition coefficient (Wildman–Crippen LogP) is 5.62. The zero-order valence-electron chi connectivity index (χ0n) is 16.8. The van der Waals surface area contributed by atoms with Gasteiger partial charge in [-0.25, -0.2) is 0 Å².